The van der Waals surface area contributed by atoms with Crippen molar-refractivity contribution in [3.8, 4) is 0 Å². The zero-order valence-corrected chi connectivity index (χ0v) is 20.9. The number of nitrogens with zero attached hydrogens (tertiary/aromatic N) is 2. The molecule has 1 saturated carbocycles. The fraction of sp³-hybridized carbons (Fsp3) is 0.667. The highest BCUT2D eigenvalue weighted by Crippen LogP contribution is 2.43. The molecule has 1 fully saturated rings. The first-order chi connectivity index (χ1) is 14.8. The summed E-state index contributed by atoms with van der Waals surface area (Å²) in [6, 6.07) is 2.23. The average molecular weight is 443 g/mol. The number of imidazole rings is 1. The summed E-state index contributed by atoms with van der Waals surface area (Å²) in [5.41, 5.74) is 4.40. The predicted octanol–water partition coefficient (Wildman–Crippen LogP) is 6.13. The Labute approximate surface area is 185 Å². The van der Waals surface area contributed by atoms with E-state index in [0.717, 1.165) is 47.9 Å². The van der Waals surface area contributed by atoms with Crippen LogP contribution in [-0.4, -0.2) is 34.4 Å². The van der Waals surface area contributed by atoms with E-state index in [1.165, 1.54) is 6.42 Å². The van der Waals surface area contributed by atoms with Crippen LogP contribution in [0.1, 0.15) is 73.3 Å². The summed E-state index contributed by atoms with van der Waals surface area (Å²) < 4.78 is 8.92. The van der Waals surface area contributed by atoms with Crippen molar-refractivity contribution >= 4 is 30.4 Å². The predicted molar refractivity (Wildman–Crippen MR) is 130 cm³/mol. The number of hydrogen-bond acceptors (Lipinski definition) is 3. The maximum absolute atomic E-state index is 12.9. The summed E-state index contributed by atoms with van der Waals surface area (Å²) in [4.78, 5) is 23.6. The van der Waals surface area contributed by atoms with Gasteiger partial charge in [0.2, 0.25) is 0 Å². The second-order valence-electron chi connectivity index (χ2n) is 10.4. The van der Waals surface area contributed by atoms with E-state index in [1.54, 1.807) is 6.20 Å². The van der Waals surface area contributed by atoms with Gasteiger partial charge in [0.15, 0.2) is 8.32 Å². The van der Waals surface area contributed by atoms with Crippen LogP contribution in [0.4, 0.5) is 0 Å². The zero-order valence-electron chi connectivity index (χ0n) is 19.9. The molecule has 4 rings (SSSR count). The first-order valence-corrected chi connectivity index (χ1v) is 14.1. The number of H-pyrrole nitrogens is 2. The third kappa shape index (κ3) is 3.80. The molecule has 2 N–H and O–H groups in total. The van der Waals surface area contributed by atoms with Gasteiger partial charge in [0, 0.05) is 24.2 Å². The van der Waals surface area contributed by atoms with Gasteiger partial charge in [-0.3, -0.25) is 4.57 Å². The summed E-state index contributed by atoms with van der Waals surface area (Å²) in [6.07, 6.45) is 8.03. The standard InChI is InChI=1S/C24H38N4O2Si/c1-15(2)31(16(3)4,17(5)6)30-14-18-8-7-9-19(12-18)28-22-20-10-11-25-23(20)26-13-21(22)27-24(28)29/h10-11,13,15-19H,7-9,12,14H2,1-6H3,(H,25,26)(H,27,29)/t18-,19+/m1/s1. The molecule has 3 heterocycles. The smallest absolute Gasteiger partial charge is 0.326 e. The summed E-state index contributed by atoms with van der Waals surface area (Å²) in [6.45, 7) is 14.9. The molecule has 0 spiro atoms. The highest BCUT2D eigenvalue weighted by Gasteiger charge is 2.45. The minimum absolute atomic E-state index is 0.0210. The molecule has 3 aromatic heterocycles. The molecule has 7 heteroatoms. The van der Waals surface area contributed by atoms with Crippen LogP contribution >= 0.6 is 0 Å². The van der Waals surface area contributed by atoms with Gasteiger partial charge in [0.25, 0.3) is 0 Å². The lowest BCUT2D eigenvalue weighted by Gasteiger charge is -2.43. The van der Waals surface area contributed by atoms with E-state index in [1.807, 2.05) is 16.8 Å². The molecule has 0 bridgehead atoms. The molecule has 2 atom stereocenters. The minimum Gasteiger partial charge on any atom is -0.416 e. The topological polar surface area (TPSA) is 75.7 Å². The molecule has 1 aliphatic rings. The lowest BCUT2D eigenvalue weighted by atomic mass is 9.86. The Morgan fingerprint density at radius 1 is 1.16 bits per heavy atom. The van der Waals surface area contributed by atoms with Gasteiger partial charge < -0.3 is 14.4 Å². The summed E-state index contributed by atoms with van der Waals surface area (Å²) in [5.74, 6) is 0.502. The Balaban J connectivity index is 1.59. The molecule has 0 saturated heterocycles. The fourth-order valence-corrected chi connectivity index (χ4v) is 11.9. The van der Waals surface area contributed by atoms with Crippen molar-refractivity contribution in [3.63, 3.8) is 0 Å². The van der Waals surface area contributed by atoms with Gasteiger partial charge in [-0.1, -0.05) is 48.0 Å². The summed E-state index contributed by atoms with van der Waals surface area (Å²) >= 11 is 0. The third-order valence-electron chi connectivity index (χ3n) is 7.66. The summed E-state index contributed by atoms with van der Waals surface area (Å²) in [7, 11) is -1.87. The highest BCUT2D eigenvalue weighted by molar-refractivity contribution is 6.77. The number of rotatable bonds is 7. The largest absolute Gasteiger partial charge is 0.416 e. The van der Waals surface area contributed by atoms with E-state index in [2.05, 4.69) is 56.5 Å². The Bertz CT molecular complexity index is 1070. The number of aromatic nitrogens is 4. The molecular weight excluding hydrogens is 404 g/mol. The average Bonchev–Trinajstić information content (AvgIpc) is 3.31. The van der Waals surface area contributed by atoms with Gasteiger partial charge in [-0.05, 0) is 47.9 Å². The van der Waals surface area contributed by atoms with E-state index in [9.17, 15) is 4.79 Å². The maximum Gasteiger partial charge on any atom is 0.326 e. The van der Waals surface area contributed by atoms with Crippen molar-refractivity contribution in [3.05, 3.63) is 28.9 Å². The Kier molecular flexibility index (Phi) is 6.18. The van der Waals surface area contributed by atoms with Crippen LogP contribution in [-0.2, 0) is 4.43 Å². The first-order valence-electron chi connectivity index (χ1n) is 12.0. The molecule has 0 amide bonds. The second-order valence-corrected chi connectivity index (χ2v) is 15.8. The van der Waals surface area contributed by atoms with Gasteiger partial charge in [-0.2, -0.15) is 0 Å². The van der Waals surface area contributed by atoms with E-state index in [4.69, 9.17) is 4.43 Å². The van der Waals surface area contributed by atoms with E-state index in [0.29, 0.717) is 22.5 Å². The van der Waals surface area contributed by atoms with Crippen molar-refractivity contribution in [2.24, 2.45) is 5.92 Å². The SMILES string of the molecule is CC(C)[Si](OC[C@@H]1CCC[C@H](n2c(=O)[nH]c3cnc4[nH]ccc4c32)C1)(C(C)C)C(C)C. The van der Waals surface area contributed by atoms with Crippen LogP contribution in [0.2, 0.25) is 16.6 Å². The number of pyridine rings is 1. The second kappa shape index (κ2) is 8.58. The lowest BCUT2D eigenvalue weighted by molar-refractivity contribution is 0.162. The van der Waals surface area contributed by atoms with E-state index < -0.39 is 8.32 Å². The Morgan fingerprint density at radius 3 is 2.55 bits per heavy atom. The van der Waals surface area contributed by atoms with Gasteiger partial charge in [-0.25, -0.2) is 9.78 Å². The minimum atomic E-state index is -1.87. The zero-order chi connectivity index (χ0) is 22.3. The lowest BCUT2D eigenvalue weighted by Crippen LogP contribution is -2.48. The fourth-order valence-electron chi connectivity index (χ4n) is 6.38. The number of nitrogens with one attached hydrogen (secondary N) is 2. The van der Waals surface area contributed by atoms with Gasteiger partial charge in [0.1, 0.15) is 5.65 Å². The molecule has 31 heavy (non-hydrogen) atoms. The first kappa shape index (κ1) is 22.3. The molecule has 6 nitrogen and oxygen atoms in total. The normalized spacial score (nSPS) is 20.7. The van der Waals surface area contributed by atoms with Crippen molar-refractivity contribution in [2.45, 2.75) is 89.9 Å². The monoisotopic (exact) mass is 442 g/mol. The van der Waals surface area contributed by atoms with E-state index in [-0.39, 0.29) is 11.7 Å². The molecule has 0 unspecified atom stereocenters. The van der Waals surface area contributed by atoms with Crippen molar-refractivity contribution in [1.82, 2.24) is 19.5 Å². The van der Waals surface area contributed by atoms with Crippen LogP contribution in [0.25, 0.3) is 22.1 Å². The van der Waals surface area contributed by atoms with E-state index >= 15 is 0 Å². The van der Waals surface area contributed by atoms with Crippen LogP contribution in [0.5, 0.6) is 0 Å². The van der Waals surface area contributed by atoms with Crippen LogP contribution < -0.4 is 5.69 Å². The van der Waals surface area contributed by atoms with Crippen LogP contribution in [0, 0.1) is 5.92 Å². The van der Waals surface area contributed by atoms with Gasteiger partial charge >= 0.3 is 5.69 Å². The molecule has 170 valence electrons. The third-order valence-corrected chi connectivity index (χ3v) is 13.7. The molecule has 3 aromatic rings. The number of hydrogen-bond donors (Lipinski definition) is 2. The van der Waals surface area contributed by atoms with Gasteiger partial charge in [-0.15, -0.1) is 0 Å². The molecule has 0 aromatic carbocycles. The van der Waals surface area contributed by atoms with Crippen molar-refractivity contribution in [2.75, 3.05) is 6.61 Å². The van der Waals surface area contributed by atoms with Crippen LogP contribution in [0.3, 0.4) is 0 Å². The molecule has 0 radical (unpaired) electrons. The Hall–Kier alpha value is -1.86. The Morgan fingerprint density at radius 2 is 1.87 bits per heavy atom. The van der Waals surface area contributed by atoms with Gasteiger partial charge in [0.05, 0.1) is 17.2 Å². The molecular formula is C24H38N4O2Si. The summed E-state index contributed by atoms with van der Waals surface area (Å²) in [5, 5.41) is 1.01. The van der Waals surface area contributed by atoms with Crippen LogP contribution in [0.15, 0.2) is 23.3 Å². The highest BCUT2D eigenvalue weighted by atomic mass is 28.4. The van der Waals surface area contributed by atoms with Crippen molar-refractivity contribution in [1.29, 1.82) is 0 Å². The molecule has 0 aliphatic heterocycles. The number of aromatic amines is 2. The molecule has 1 aliphatic carbocycles. The number of fused-ring (bicyclic) bond motifs is 3. The quantitative estimate of drug-likeness (QED) is 0.432. The van der Waals surface area contributed by atoms with Crippen molar-refractivity contribution < 1.29 is 4.43 Å². The maximum atomic E-state index is 12.9.